The fraction of sp³-hybridized carbons (Fsp3) is 0. The van der Waals surface area contributed by atoms with E-state index in [-0.39, 0.29) is 5.63 Å². The Bertz CT molecular complexity index is 740. The maximum absolute atomic E-state index is 11.8. The molecule has 0 amide bonds. The number of nitrogens with one attached hydrogen (secondary N) is 1. The first-order chi connectivity index (χ1) is 8.24. The Balaban J connectivity index is 2.30. The number of aromatic amines is 1. The van der Waals surface area contributed by atoms with Crippen molar-refractivity contribution in [1.82, 2.24) is 4.98 Å². The van der Waals surface area contributed by atoms with Crippen LogP contribution in [0, 0.1) is 0 Å². The van der Waals surface area contributed by atoms with Crippen molar-refractivity contribution in [2.75, 3.05) is 5.73 Å². The van der Waals surface area contributed by atoms with E-state index in [2.05, 4.69) is 4.98 Å². The highest BCUT2D eigenvalue weighted by Gasteiger charge is 2.08. The molecule has 4 nitrogen and oxygen atoms in total. The number of nitrogens with two attached hydrogens (primary N) is 1. The number of hydrogen-bond donors (Lipinski definition) is 2. The molecule has 0 saturated heterocycles. The molecular formula is C13H10N2O2. The van der Waals surface area contributed by atoms with Crippen LogP contribution in [0.4, 0.5) is 5.82 Å². The van der Waals surface area contributed by atoms with Crippen molar-refractivity contribution in [2.24, 2.45) is 0 Å². The third-order valence-corrected chi connectivity index (χ3v) is 2.64. The van der Waals surface area contributed by atoms with Gasteiger partial charge in [0.25, 0.3) is 0 Å². The Morgan fingerprint density at radius 2 is 1.94 bits per heavy atom. The van der Waals surface area contributed by atoms with Crippen molar-refractivity contribution < 1.29 is 4.42 Å². The molecule has 3 rings (SSSR count). The van der Waals surface area contributed by atoms with Crippen LogP contribution < -0.4 is 11.4 Å². The summed E-state index contributed by atoms with van der Waals surface area (Å²) in [6, 6.07) is 12.7. The van der Waals surface area contributed by atoms with Gasteiger partial charge in [0, 0.05) is 5.39 Å². The molecule has 84 valence electrons. The van der Waals surface area contributed by atoms with Gasteiger partial charge in [-0.1, -0.05) is 18.2 Å². The van der Waals surface area contributed by atoms with Crippen molar-refractivity contribution in [3.8, 4) is 11.3 Å². The minimum absolute atomic E-state index is 0.370. The molecule has 2 aromatic heterocycles. The molecule has 0 radical (unpaired) electrons. The minimum Gasteiger partial charge on any atom is -0.422 e. The second kappa shape index (κ2) is 3.52. The molecule has 2 heterocycles. The predicted molar refractivity (Wildman–Crippen MR) is 66.7 cm³/mol. The largest absolute Gasteiger partial charge is 0.422 e. The molecule has 0 spiro atoms. The molecule has 0 aliphatic rings. The molecule has 4 heteroatoms. The molecule has 0 unspecified atom stereocenters. The minimum atomic E-state index is -0.370. The lowest BCUT2D eigenvalue weighted by atomic mass is 10.1. The first-order valence-electron chi connectivity index (χ1n) is 5.22. The van der Waals surface area contributed by atoms with Gasteiger partial charge in [-0.2, -0.15) is 0 Å². The predicted octanol–water partition coefficient (Wildman–Crippen LogP) is 2.37. The molecule has 0 saturated carbocycles. The topological polar surface area (TPSA) is 72.0 Å². The van der Waals surface area contributed by atoms with Gasteiger partial charge in [-0.3, -0.25) is 0 Å². The molecule has 0 aliphatic carbocycles. The number of benzene rings is 1. The lowest BCUT2D eigenvalue weighted by Crippen LogP contribution is -2.02. The van der Waals surface area contributed by atoms with E-state index >= 15 is 0 Å². The maximum atomic E-state index is 11.8. The van der Waals surface area contributed by atoms with E-state index in [9.17, 15) is 4.79 Å². The second-order valence-electron chi connectivity index (χ2n) is 3.81. The standard InChI is InChI=1S/C13H10N2O2/c14-12-6-5-10(15-12)9-7-8-3-1-2-4-11(8)17-13(9)16/h1-7,15H,14H2. The fourth-order valence-corrected chi connectivity index (χ4v) is 1.82. The highest BCUT2D eigenvalue weighted by atomic mass is 16.4. The normalized spacial score (nSPS) is 10.8. The SMILES string of the molecule is Nc1ccc(-c2cc3ccccc3oc2=O)[nH]1. The Kier molecular flexibility index (Phi) is 2.01. The van der Waals surface area contributed by atoms with Gasteiger partial charge in [-0.15, -0.1) is 0 Å². The highest BCUT2D eigenvalue weighted by Crippen LogP contribution is 2.20. The van der Waals surface area contributed by atoms with Gasteiger partial charge in [0.2, 0.25) is 0 Å². The van der Waals surface area contributed by atoms with Gasteiger partial charge in [-0.05, 0) is 24.3 Å². The summed E-state index contributed by atoms with van der Waals surface area (Å²) in [5, 5.41) is 0.885. The maximum Gasteiger partial charge on any atom is 0.345 e. The highest BCUT2D eigenvalue weighted by molar-refractivity contribution is 5.81. The Hall–Kier alpha value is -2.49. The number of rotatable bonds is 1. The zero-order valence-corrected chi connectivity index (χ0v) is 8.94. The van der Waals surface area contributed by atoms with Gasteiger partial charge < -0.3 is 15.1 Å². The number of hydrogen-bond acceptors (Lipinski definition) is 3. The molecule has 0 fully saturated rings. The van der Waals surface area contributed by atoms with Crippen molar-refractivity contribution in [3.05, 3.63) is 52.9 Å². The molecule has 0 bridgehead atoms. The van der Waals surface area contributed by atoms with Crippen LogP contribution in [0.1, 0.15) is 0 Å². The molecule has 0 aliphatic heterocycles. The van der Waals surface area contributed by atoms with Crippen LogP contribution in [0.5, 0.6) is 0 Å². The van der Waals surface area contributed by atoms with Crippen LogP contribution in [0.3, 0.4) is 0 Å². The van der Waals surface area contributed by atoms with Crippen LogP contribution in [0.2, 0.25) is 0 Å². The van der Waals surface area contributed by atoms with Crippen LogP contribution in [0.15, 0.2) is 51.7 Å². The van der Waals surface area contributed by atoms with Crippen LogP contribution >= 0.6 is 0 Å². The van der Waals surface area contributed by atoms with E-state index in [1.807, 2.05) is 18.2 Å². The lowest BCUT2D eigenvalue weighted by molar-refractivity contribution is 0.563. The number of para-hydroxylation sites is 1. The zero-order valence-electron chi connectivity index (χ0n) is 8.94. The summed E-state index contributed by atoms with van der Waals surface area (Å²) in [6.45, 7) is 0. The molecular weight excluding hydrogens is 216 g/mol. The fourth-order valence-electron chi connectivity index (χ4n) is 1.82. The average molecular weight is 226 g/mol. The van der Waals surface area contributed by atoms with Crippen LogP contribution in [-0.2, 0) is 0 Å². The van der Waals surface area contributed by atoms with Crippen molar-refractivity contribution in [2.45, 2.75) is 0 Å². The van der Waals surface area contributed by atoms with Gasteiger partial charge in [-0.25, -0.2) is 4.79 Å². The molecule has 0 atom stereocenters. The van der Waals surface area contributed by atoms with Crippen molar-refractivity contribution >= 4 is 16.8 Å². The summed E-state index contributed by atoms with van der Waals surface area (Å²) in [4.78, 5) is 14.7. The van der Waals surface area contributed by atoms with E-state index in [1.54, 1.807) is 24.3 Å². The third kappa shape index (κ3) is 1.59. The Labute approximate surface area is 96.7 Å². The summed E-state index contributed by atoms with van der Waals surface area (Å²) in [6.07, 6.45) is 0. The van der Waals surface area contributed by atoms with Crippen molar-refractivity contribution in [1.29, 1.82) is 0 Å². The first kappa shape index (κ1) is 9.72. The first-order valence-corrected chi connectivity index (χ1v) is 5.22. The third-order valence-electron chi connectivity index (χ3n) is 2.64. The van der Waals surface area contributed by atoms with E-state index in [0.29, 0.717) is 22.7 Å². The summed E-state index contributed by atoms with van der Waals surface area (Å²) in [7, 11) is 0. The monoisotopic (exact) mass is 226 g/mol. The van der Waals surface area contributed by atoms with Gasteiger partial charge in [0.15, 0.2) is 0 Å². The lowest BCUT2D eigenvalue weighted by Gasteiger charge is -1.99. The van der Waals surface area contributed by atoms with Crippen LogP contribution in [-0.4, -0.2) is 4.98 Å². The van der Waals surface area contributed by atoms with Gasteiger partial charge >= 0.3 is 5.63 Å². The van der Waals surface area contributed by atoms with Crippen molar-refractivity contribution in [3.63, 3.8) is 0 Å². The average Bonchev–Trinajstić information content (AvgIpc) is 2.75. The summed E-state index contributed by atoms with van der Waals surface area (Å²) in [5.41, 5.74) is 6.96. The number of H-pyrrole nitrogens is 1. The Morgan fingerprint density at radius 1 is 1.12 bits per heavy atom. The quantitative estimate of drug-likeness (QED) is 0.626. The Morgan fingerprint density at radius 3 is 2.71 bits per heavy atom. The molecule has 1 aromatic carbocycles. The zero-order chi connectivity index (χ0) is 11.8. The molecule has 17 heavy (non-hydrogen) atoms. The van der Waals surface area contributed by atoms with E-state index in [1.165, 1.54) is 0 Å². The smallest absolute Gasteiger partial charge is 0.345 e. The van der Waals surface area contributed by atoms with E-state index < -0.39 is 0 Å². The van der Waals surface area contributed by atoms with E-state index in [0.717, 1.165) is 5.39 Å². The molecule has 3 aromatic rings. The summed E-state index contributed by atoms with van der Waals surface area (Å²) in [5.74, 6) is 0.521. The summed E-state index contributed by atoms with van der Waals surface area (Å²) >= 11 is 0. The number of nitrogen functional groups attached to an aromatic ring is 1. The van der Waals surface area contributed by atoms with E-state index in [4.69, 9.17) is 10.2 Å². The number of anilines is 1. The molecule has 3 N–H and O–H groups in total. The second-order valence-corrected chi connectivity index (χ2v) is 3.81. The van der Waals surface area contributed by atoms with Gasteiger partial charge in [0.05, 0.1) is 11.3 Å². The number of fused-ring (bicyclic) bond motifs is 1. The van der Waals surface area contributed by atoms with Gasteiger partial charge in [0.1, 0.15) is 11.4 Å². The van der Waals surface area contributed by atoms with Crippen LogP contribution in [0.25, 0.3) is 22.2 Å². The number of aromatic nitrogens is 1. The summed E-state index contributed by atoms with van der Waals surface area (Å²) < 4.78 is 5.24.